The molecule has 0 aliphatic heterocycles. The number of terminal acetylenes is 1. The Morgan fingerprint density at radius 3 is 2.70 bits per heavy atom. The maximum Gasteiger partial charge on any atom is 0.137 e. The van der Waals surface area contributed by atoms with Crippen LogP contribution in [-0.4, -0.2) is 0 Å². The largest absolute Gasteiger partial charge is 0.206 e. The van der Waals surface area contributed by atoms with Crippen LogP contribution in [0.15, 0.2) is 18.2 Å². The second-order valence-electron chi connectivity index (χ2n) is 1.77. The molecule has 0 N–H and O–H groups in total. The van der Waals surface area contributed by atoms with Crippen LogP contribution in [0, 0.1) is 21.7 Å². The Bertz CT molecular complexity index is 286. The lowest BCUT2D eigenvalue weighted by molar-refractivity contribution is 0.620. The molecule has 0 radical (unpaired) electrons. The summed E-state index contributed by atoms with van der Waals surface area (Å²) >= 11 is 1.91. The van der Waals surface area contributed by atoms with E-state index in [2.05, 4.69) is 5.92 Å². The Hall–Kier alpha value is -0.560. The van der Waals surface area contributed by atoms with Gasteiger partial charge in [-0.05, 0) is 40.8 Å². The zero-order valence-electron chi connectivity index (χ0n) is 5.07. The molecule has 0 saturated carbocycles. The van der Waals surface area contributed by atoms with Gasteiger partial charge in [0.05, 0.1) is 0 Å². The van der Waals surface area contributed by atoms with Gasteiger partial charge in [0.25, 0.3) is 0 Å². The number of halogens is 2. The van der Waals surface area contributed by atoms with E-state index in [0.717, 1.165) is 0 Å². The van der Waals surface area contributed by atoms with Crippen molar-refractivity contribution in [3.63, 3.8) is 0 Å². The molecule has 1 aromatic carbocycles. The average Bonchev–Trinajstić information content (AvgIpc) is 1.95. The highest BCUT2D eigenvalue weighted by molar-refractivity contribution is 14.1. The number of rotatable bonds is 0. The molecule has 2 heteroatoms. The standard InChI is InChI=1S/C8H4FI/c1-2-6-3-4-8(10)7(9)5-6/h1,3-5H. The average molecular weight is 246 g/mol. The lowest BCUT2D eigenvalue weighted by atomic mass is 10.2. The minimum Gasteiger partial charge on any atom is -0.206 e. The van der Waals surface area contributed by atoms with E-state index in [9.17, 15) is 4.39 Å². The first kappa shape index (κ1) is 7.55. The molecule has 0 aliphatic rings. The van der Waals surface area contributed by atoms with Crippen molar-refractivity contribution in [2.24, 2.45) is 0 Å². The third-order valence-corrected chi connectivity index (χ3v) is 1.96. The van der Waals surface area contributed by atoms with Crippen LogP contribution in [0.5, 0.6) is 0 Å². The maximum atomic E-state index is 12.7. The van der Waals surface area contributed by atoms with E-state index in [1.807, 2.05) is 22.6 Å². The van der Waals surface area contributed by atoms with E-state index < -0.39 is 0 Å². The summed E-state index contributed by atoms with van der Waals surface area (Å²) < 4.78 is 13.3. The van der Waals surface area contributed by atoms with Crippen LogP contribution in [0.2, 0.25) is 0 Å². The molecular weight excluding hydrogens is 242 g/mol. The number of hydrogen-bond acceptors (Lipinski definition) is 0. The van der Waals surface area contributed by atoms with Crippen molar-refractivity contribution in [1.82, 2.24) is 0 Å². The predicted molar refractivity (Wildman–Crippen MR) is 47.1 cm³/mol. The Morgan fingerprint density at radius 2 is 2.20 bits per heavy atom. The van der Waals surface area contributed by atoms with Crippen LogP contribution in [0.25, 0.3) is 0 Å². The van der Waals surface area contributed by atoms with Crippen molar-refractivity contribution >= 4 is 22.6 Å². The first-order valence-corrected chi connectivity index (χ1v) is 3.73. The molecule has 0 atom stereocenters. The molecule has 0 heterocycles. The van der Waals surface area contributed by atoms with E-state index in [1.165, 1.54) is 6.07 Å². The third-order valence-electron chi connectivity index (χ3n) is 1.09. The van der Waals surface area contributed by atoms with E-state index >= 15 is 0 Å². The molecule has 0 fully saturated rings. The van der Waals surface area contributed by atoms with E-state index in [0.29, 0.717) is 9.13 Å². The summed E-state index contributed by atoms with van der Waals surface area (Å²) in [5.41, 5.74) is 0.581. The molecule has 0 aromatic heterocycles. The van der Waals surface area contributed by atoms with Crippen molar-refractivity contribution in [3.05, 3.63) is 33.1 Å². The normalized spacial score (nSPS) is 8.90. The van der Waals surface area contributed by atoms with Gasteiger partial charge in [0.15, 0.2) is 0 Å². The van der Waals surface area contributed by atoms with Crippen molar-refractivity contribution in [2.45, 2.75) is 0 Å². The first-order valence-electron chi connectivity index (χ1n) is 2.65. The van der Waals surface area contributed by atoms with Gasteiger partial charge in [-0.2, -0.15) is 0 Å². The molecule has 0 saturated heterocycles. The van der Waals surface area contributed by atoms with Crippen LogP contribution in [-0.2, 0) is 0 Å². The topological polar surface area (TPSA) is 0 Å². The summed E-state index contributed by atoms with van der Waals surface area (Å²) in [6.07, 6.45) is 5.05. The minimum absolute atomic E-state index is 0.254. The first-order chi connectivity index (χ1) is 4.74. The van der Waals surface area contributed by atoms with E-state index in [-0.39, 0.29) is 5.82 Å². The van der Waals surface area contributed by atoms with Gasteiger partial charge in [0, 0.05) is 9.13 Å². The van der Waals surface area contributed by atoms with Gasteiger partial charge in [0.2, 0.25) is 0 Å². The van der Waals surface area contributed by atoms with Gasteiger partial charge in [-0.15, -0.1) is 6.42 Å². The minimum atomic E-state index is -0.254. The van der Waals surface area contributed by atoms with Crippen molar-refractivity contribution < 1.29 is 4.39 Å². The second-order valence-corrected chi connectivity index (χ2v) is 2.94. The highest BCUT2D eigenvalue weighted by Crippen LogP contribution is 2.11. The molecule has 0 spiro atoms. The quantitative estimate of drug-likeness (QED) is 0.487. The molecule has 50 valence electrons. The maximum absolute atomic E-state index is 12.7. The Morgan fingerprint density at radius 1 is 1.50 bits per heavy atom. The van der Waals surface area contributed by atoms with E-state index in [4.69, 9.17) is 6.42 Å². The Labute approximate surface area is 72.6 Å². The highest BCUT2D eigenvalue weighted by Gasteiger charge is 1.96. The summed E-state index contributed by atoms with van der Waals surface area (Å²) in [5, 5.41) is 0. The summed E-state index contributed by atoms with van der Waals surface area (Å²) in [4.78, 5) is 0. The zero-order chi connectivity index (χ0) is 7.56. The molecule has 0 aliphatic carbocycles. The molecule has 0 bridgehead atoms. The van der Waals surface area contributed by atoms with Crippen LogP contribution < -0.4 is 0 Å². The molecule has 1 rings (SSSR count). The van der Waals surface area contributed by atoms with Gasteiger partial charge in [-0.25, -0.2) is 4.39 Å². The lowest BCUT2D eigenvalue weighted by Gasteiger charge is -1.92. The Kier molecular flexibility index (Phi) is 2.28. The third kappa shape index (κ3) is 1.48. The molecule has 0 unspecified atom stereocenters. The van der Waals surface area contributed by atoms with Crippen molar-refractivity contribution in [2.75, 3.05) is 0 Å². The van der Waals surface area contributed by atoms with E-state index in [1.54, 1.807) is 12.1 Å². The highest BCUT2D eigenvalue weighted by atomic mass is 127. The van der Waals surface area contributed by atoms with Gasteiger partial charge in [-0.3, -0.25) is 0 Å². The number of benzene rings is 1. The van der Waals surface area contributed by atoms with Crippen LogP contribution in [0.1, 0.15) is 5.56 Å². The fourth-order valence-electron chi connectivity index (χ4n) is 0.586. The summed E-state index contributed by atoms with van der Waals surface area (Å²) in [7, 11) is 0. The Balaban J connectivity index is 3.20. The second kappa shape index (κ2) is 3.02. The molecule has 10 heavy (non-hydrogen) atoms. The van der Waals surface area contributed by atoms with Crippen molar-refractivity contribution in [3.8, 4) is 12.3 Å². The smallest absolute Gasteiger partial charge is 0.137 e. The predicted octanol–water partition coefficient (Wildman–Crippen LogP) is 2.41. The van der Waals surface area contributed by atoms with Crippen LogP contribution in [0.3, 0.4) is 0 Å². The fourth-order valence-corrected chi connectivity index (χ4v) is 0.921. The molecule has 0 amide bonds. The van der Waals surface area contributed by atoms with Crippen LogP contribution >= 0.6 is 22.6 Å². The molecule has 1 aromatic rings. The fraction of sp³-hybridized carbons (Fsp3) is 0. The molecular formula is C8H4FI. The van der Waals surface area contributed by atoms with Gasteiger partial charge < -0.3 is 0 Å². The summed E-state index contributed by atoms with van der Waals surface area (Å²) in [6, 6.07) is 4.72. The van der Waals surface area contributed by atoms with Gasteiger partial charge in [-0.1, -0.05) is 5.92 Å². The molecule has 0 nitrogen and oxygen atoms in total. The lowest BCUT2D eigenvalue weighted by Crippen LogP contribution is -1.81. The SMILES string of the molecule is C#Cc1ccc(I)c(F)c1. The zero-order valence-corrected chi connectivity index (χ0v) is 7.22. The van der Waals surface area contributed by atoms with Crippen molar-refractivity contribution in [1.29, 1.82) is 0 Å². The summed E-state index contributed by atoms with van der Waals surface area (Å²) in [5.74, 6) is 2.10. The van der Waals surface area contributed by atoms with Gasteiger partial charge >= 0.3 is 0 Å². The number of hydrogen-bond donors (Lipinski definition) is 0. The van der Waals surface area contributed by atoms with Crippen LogP contribution in [0.4, 0.5) is 4.39 Å². The summed E-state index contributed by atoms with van der Waals surface area (Å²) in [6.45, 7) is 0. The monoisotopic (exact) mass is 246 g/mol. The van der Waals surface area contributed by atoms with Gasteiger partial charge in [0.1, 0.15) is 5.82 Å².